The first kappa shape index (κ1) is 12.7. The standard InChI is InChI=1S/C13H11BrN2O2S/c14-11-5-7-12(8-6-11)16-9-10-3-1-2-4-13(10)19(17,18)15-16/h1-8,15H,9H2. The van der Waals surface area contributed by atoms with Crippen molar-refractivity contribution in [3.05, 3.63) is 58.6 Å². The van der Waals surface area contributed by atoms with E-state index in [9.17, 15) is 8.42 Å². The SMILES string of the molecule is O=S1(=O)NN(c2ccc(Br)cc2)Cc2ccccc21. The molecule has 2 aromatic rings. The molecular weight excluding hydrogens is 328 g/mol. The van der Waals surface area contributed by atoms with Crippen LogP contribution in [0.15, 0.2) is 57.9 Å². The molecule has 0 fully saturated rings. The second kappa shape index (κ2) is 4.63. The van der Waals surface area contributed by atoms with Crippen molar-refractivity contribution in [1.29, 1.82) is 0 Å². The Bertz CT molecular complexity index is 714. The summed E-state index contributed by atoms with van der Waals surface area (Å²) in [5.41, 5.74) is 1.60. The van der Waals surface area contributed by atoms with Gasteiger partial charge in [-0.15, -0.1) is 4.83 Å². The summed E-state index contributed by atoms with van der Waals surface area (Å²) >= 11 is 3.36. The van der Waals surface area contributed by atoms with Crippen molar-refractivity contribution in [2.24, 2.45) is 0 Å². The lowest BCUT2D eigenvalue weighted by atomic mass is 10.2. The molecule has 19 heavy (non-hydrogen) atoms. The molecule has 3 rings (SSSR count). The van der Waals surface area contributed by atoms with E-state index in [2.05, 4.69) is 20.8 Å². The molecule has 1 heterocycles. The molecule has 1 aliphatic heterocycles. The van der Waals surface area contributed by atoms with E-state index in [0.717, 1.165) is 15.7 Å². The van der Waals surface area contributed by atoms with Crippen LogP contribution in [0, 0.1) is 0 Å². The molecule has 0 aromatic heterocycles. The first-order valence-corrected chi connectivity index (χ1v) is 7.97. The van der Waals surface area contributed by atoms with E-state index in [-0.39, 0.29) is 0 Å². The summed E-state index contributed by atoms with van der Waals surface area (Å²) in [5, 5.41) is 1.63. The Morgan fingerprint density at radius 2 is 1.74 bits per heavy atom. The minimum atomic E-state index is -3.49. The molecular formula is C13H11BrN2O2S. The Kier molecular flexibility index (Phi) is 3.08. The predicted molar refractivity (Wildman–Crippen MR) is 77.1 cm³/mol. The van der Waals surface area contributed by atoms with Gasteiger partial charge in [0.1, 0.15) is 0 Å². The van der Waals surface area contributed by atoms with Crippen LogP contribution in [0.2, 0.25) is 0 Å². The number of nitrogens with zero attached hydrogens (tertiary/aromatic N) is 1. The van der Waals surface area contributed by atoms with Gasteiger partial charge >= 0.3 is 0 Å². The highest BCUT2D eigenvalue weighted by Gasteiger charge is 2.27. The summed E-state index contributed by atoms with van der Waals surface area (Å²) in [6.07, 6.45) is 0. The molecule has 0 spiro atoms. The highest BCUT2D eigenvalue weighted by Crippen LogP contribution is 2.26. The van der Waals surface area contributed by atoms with Gasteiger partial charge in [0.25, 0.3) is 10.0 Å². The van der Waals surface area contributed by atoms with Crippen molar-refractivity contribution in [2.45, 2.75) is 11.4 Å². The highest BCUT2D eigenvalue weighted by molar-refractivity contribution is 9.10. The number of halogens is 1. The van der Waals surface area contributed by atoms with E-state index in [1.807, 2.05) is 36.4 Å². The maximum Gasteiger partial charge on any atom is 0.257 e. The number of hydrogen-bond acceptors (Lipinski definition) is 3. The highest BCUT2D eigenvalue weighted by atomic mass is 79.9. The van der Waals surface area contributed by atoms with Crippen molar-refractivity contribution in [1.82, 2.24) is 4.83 Å². The molecule has 98 valence electrons. The van der Waals surface area contributed by atoms with Gasteiger partial charge in [-0.05, 0) is 35.9 Å². The number of sulfonamides is 1. The van der Waals surface area contributed by atoms with E-state index >= 15 is 0 Å². The van der Waals surface area contributed by atoms with Crippen molar-refractivity contribution in [3.63, 3.8) is 0 Å². The first-order valence-electron chi connectivity index (χ1n) is 5.70. The van der Waals surface area contributed by atoms with Crippen LogP contribution in [0.25, 0.3) is 0 Å². The fourth-order valence-corrected chi connectivity index (χ4v) is 3.62. The molecule has 0 bridgehead atoms. The third kappa shape index (κ3) is 2.39. The smallest absolute Gasteiger partial charge is 0.257 e. The Balaban J connectivity index is 2.03. The summed E-state index contributed by atoms with van der Waals surface area (Å²) in [5.74, 6) is 0. The van der Waals surface area contributed by atoms with Crippen LogP contribution in [0.3, 0.4) is 0 Å². The third-order valence-electron chi connectivity index (χ3n) is 2.96. The van der Waals surface area contributed by atoms with Crippen LogP contribution in [-0.4, -0.2) is 8.42 Å². The summed E-state index contributed by atoms with van der Waals surface area (Å²) in [7, 11) is -3.49. The third-order valence-corrected chi connectivity index (χ3v) is 4.93. The molecule has 0 atom stereocenters. The van der Waals surface area contributed by atoms with E-state index in [0.29, 0.717) is 11.4 Å². The van der Waals surface area contributed by atoms with Crippen LogP contribution >= 0.6 is 15.9 Å². The summed E-state index contributed by atoms with van der Waals surface area (Å²) in [6, 6.07) is 14.5. The minimum absolute atomic E-state index is 0.350. The van der Waals surface area contributed by atoms with E-state index in [1.165, 1.54) is 0 Å². The fourth-order valence-electron chi connectivity index (χ4n) is 2.06. The van der Waals surface area contributed by atoms with Crippen molar-refractivity contribution < 1.29 is 8.42 Å². The topological polar surface area (TPSA) is 49.4 Å². The Morgan fingerprint density at radius 1 is 1.05 bits per heavy atom. The number of fused-ring (bicyclic) bond motifs is 1. The molecule has 6 heteroatoms. The summed E-state index contributed by atoms with van der Waals surface area (Å²) in [4.78, 5) is 2.93. The van der Waals surface area contributed by atoms with Gasteiger partial charge in [0.2, 0.25) is 0 Å². The second-order valence-corrected chi connectivity index (χ2v) is 6.81. The van der Waals surface area contributed by atoms with Crippen molar-refractivity contribution >= 4 is 31.6 Å². The minimum Gasteiger partial charge on any atom is -0.290 e. The molecule has 0 amide bonds. The Hall–Kier alpha value is -1.37. The number of hydrazine groups is 1. The number of nitrogens with one attached hydrogen (secondary N) is 1. The molecule has 0 aliphatic carbocycles. The molecule has 1 aliphatic rings. The predicted octanol–water partition coefficient (Wildman–Crippen LogP) is 2.66. The summed E-state index contributed by atoms with van der Waals surface area (Å²) in [6.45, 7) is 0.511. The van der Waals surface area contributed by atoms with Gasteiger partial charge < -0.3 is 0 Å². The lowest BCUT2D eigenvalue weighted by Crippen LogP contribution is -2.45. The van der Waals surface area contributed by atoms with Crippen molar-refractivity contribution in [3.8, 4) is 0 Å². The lowest BCUT2D eigenvalue weighted by molar-refractivity contribution is 0.564. The zero-order chi connectivity index (χ0) is 13.5. The fraction of sp³-hybridized carbons (Fsp3) is 0.0769. The van der Waals surface area contributed by atoms with Gasteiger partial charge in [0.15, 0.2) is 0 Å². The Morgan fingerprint density at radius 3 is 2.47 bits per heavy atom. The zero-order valence-electron chi connectivity index (χ0n) is 9.88. The monoisotopic (exact) mass is 338 g/mol. The maximum absolute atomic E-state index is 12.2. The summed E-state index contributed by atoms with van der Waals surface area (Å²) < 4.78 is 25.3. The lowest BCUT2D eigenvalue weighted by Gasteiger charge is -2.30. The van der Waals surface area contributed by atoms with Crippen molar-refractivity contribution in [2.75, 3.05) is 5.01 Å². The van der Waals surface area contributed by atoms with Crippen LogP contribution < -0.4 is 9.84 Å². The molecule has 0 saturated carbocycles. The number of anilines is 1. The average Bonchev–Trinajstić information content (AvgIpc) is 2.39. The first-order chi connectivity index (χ1) is 9.06. The normalized spacial score (nSPS) is 17.0. The number of rotatable bonds is 1. The van der Waals surface area contributed by atoms with Gasteiger partial charge in [-0.3, -0.25) is 5.01 Å². The van der Waals surface area contributed by atoms with Gasteiger partial charge in [-0.25, -0.2) is 8.42 Å². The number of benzene rings is 2. The molecule has 0 unspecified atom stereocenters. The number of hydrogen-bond donors (Lipinski definition) is 1. The largest absolute Gasteiger partial charge is 0.290 e. The quantitative estimate of drug-likeness (QED) is 0.869. The van der Waals surface area contributed by atoms with E-state index < -0.39 is 10.0 Å². The zero-order valence-corrected chi connectivity index (χ0v) is 12.3. The van der Waals surface area contributed by atoms with Crippen LogP contribution in [0.1, 0.15) is 5.56 Å². The molecule has 2 aromatic carbocycles. The molecule has 0 radical (unpaired) electrons. The average molecular weight is 339 g/mol. The van der Waals surface area contributed by atoms with Gasteiger partial charge in [-0.2, -0.15) is 0 Å². The Labute approximate surface area is 120 Å². The molecule has 0 saturated heterocycles. The van der Waals surface area contributed by atoms with E-state index in [1.54, 1.807) is 17.1 Å². The van der Waals surface area contributed by atoms with Crippen LogP contribution in [-0.2, 0) is 16.6 Å². The van der Waals surface area contributed by atoms with Gasteiger partial charge in [0, 0.05) is 4.47 Å². The van der Waals surface area contributed by atoms with Crippen LogP contribution in [0.5, 0.6) is 0 Å². The second-order valence-electron chi connectivity index (χ2n) is 4.27. The van der Waals surface area contributed by atoms with Gasteiger partial charge in [0.05, 0.1) is 17.1 Å². The van der Waals surface area contributed by atoms with Gasteiger partial charge in [-0.1, -0.05) is 34.1 Å². The van der Waals surface area contributed by atoms with E-state index in [4.69, 9.17) is 0 Å². The van der Waals surface area contributed by atoms with Crippen LogP contribution in [0.4, 0.5) is 5.69 Å². The molecule has 1 N–H and O–H groups in total. The maximum atomic E-state index is 12.2. The molecule has 4 nitrogen and oxygen atoms in total.